The molecule has 0 unspecified atom stereocenters. The lowest BCUT2D eigenvalue weighted by Gasteiger charge is -2.21. The van der Waals surface area contributed by atoms with Crippen molar-refractivity contribution in [3.63, 3.8) is 0 Å². The summed E-state index contributed by atoms with van der Waals surface area (Å²) in [6.45, 7) is 0. The Bertz CT molecular complexity index is 887. The Labute approximate surface area is 134 Å². The highest BCUT2D eigenvalue weighted by Crippen LogP contribution is 2.29. The standard InChI is InChI=1S/C16H18N2O4S/c1-23(20,21)15-7-9-2-3-10(6-14(9)22-15)16(19)18-13-8-11-4-5-12(13)17-11/h2-3,6-7,11-13,17H,4-5,8H2,1H3,(H,18,19)/t11-,12+,13-/m1/s1. The first-order valence-corrected chi connectivity index (χ1v) is 9.60. The molecule has 122 valence electrons. The normalized spacial score (nSPS) is 26.7. The fraction of sp³-hybridized carbons (Fsp3) is 0.438. The predicted molar refractivity (Wildman–Crippen MR) is 85.1 cm³/mol. The van der Waals surface area contributed by atoms with Gasteiger partial charge in [-0.25, -0.2) is 8.42 Å². The second-order valence-corrected chi connectivity index (χ2v) is 8.40. The minimum atomic E-state index is -3.40. The van der Waals surface area contributed by atoms with E-state index in [-0.39, 0.29) is 17.0 Å². The molecule has 2 fully saturated rings. The molecule has 2 saturated heterocycles. The highest BCUT2D eigenvalue weighted by molar-refractivity contribution is 7.90. The summed E-state index contributed by atoms with van der Waals surface area (Å²) < 4.78 is 28.5. The Balaban J connectivity index is 1.57. The molecule has 0 radical (unpaired) electrons. The van der Waals surface area contributed by atoms with Crippen molar-refractivity contribution in [2.75, 3.05) is 6.26 Å². The lowest BCUT2D eigenvalue weighted by Crippen LogP contribution is -2.42. The molecule has 4 rings (SSSR count). The molecular formula is C16H18N2O4S. The van der Waals surface area contributed by atoms with Gasteiger partial charge in [-0.3, -0.25) is 4.79 Å². The van der Waals surface area contributed by atoms with Crippen LogP contribution in [0.1, 0.15) is 29.6 Å². The second-order valence-electron chi connectivity index (χ2n) is 6.45. The van der Waals surface area contributed by atoms with Gasteiger partial charge in [0.25, 0.3) is 5.91 Å². The number of rotatable bonds is 3. The maximum atomic E-state index is 12.4. The van der Waals surface area contributed by atoms with Gasteiger partial charge in [0.1, 0.15) is 5.58 Å². The number of hydrogen-bond acceptors (Lipinski definition) is 5. The summed E-state index contributed by atoms with van der Waals surface area (Å²) in [7, 11) is -3.40. The largest absolute Gasteiger partial charge is 0.445 e. The lowest BCUT2D eigenvalue weighted by molar-refractivity contribution is 0.0931. The van der Waals surface area contributed by atoms with E-state index in [1.54, 1.807) is 18.2 Å². The van der Waals surface area contributed by atoms with Crippen LogP contribution in [0.5, 0.6) is 0 Å². The van der Waals surface area contributed by atoms with Crippen LogP contribution in [0, 0.1) is 0 Å². The average molecular weight is 334 g/mol. The average Bonchev–Trinajstić information content (AvgIpc) is 3.20. The van der Waals surface area contributed by atoms with E-state index >= 15 is 0 Å². The number of carbonyl (C=O) groups excluding carboxylic acids is 1. The summed E-state index contributed by atoms with van der Waals surface area (Å²) in [5.74, 6) is -0.149. The zero-order valence-electron chi connectivity index (χ0n) is 12.7. The Kier molecular flexibility index (Phi) is 3.24. The molecular weight excluding hydrogens is 316 g/mol. The summed E-state index contributed by atoms with van der Waals surface area (Å²) in [5.41, 5.74) is 0.888. The molecule has 7 heteroatoms. The predicted octanol–water partition coefficient (Wildman–Crippen LogP) is 1.46. The number of carbonyl (C=O) groups is 1. The van der Waals surface area contributed by atoms with Gasteiger partial charge in [-0.2, -0.15) is 0 Å². The van der Waals surface area contributed by atoms with Gasteiger partial charge in [0.15, 0.2) is 0 Å². The Morgan fingerprint density at radius 1 is 1.30 bits per heavy atom. The van der Waals surface area contributed by atoms with E-state index in [2.05, 4.69) is 10.6 Å². The monoisotopic (exact) mass is 334 g/mol. The van der Waals surface area contributed by atoms with Crippen LogP contribution in [0.2, 0.25) is 0 Å². The molecule has 1 aromatic heterocycles. The lowest BCUT2D eigenvalue weighted by atomic mass is 9.95. The van der Waals surface area contributed by atoms with Crippen LogP contribution in [0.15, 0.2) is 33.8 Å². The number of amides is 1. The molecule has 1 amide bonds. The molecule has 2 aromatic rings. The van der Waals surface area contributed by atoms with Crippen molar-refractivity contribution in [3.05, 3.63) is 29.8 Å². The summed E-state index contributed by atoms with van der Waals surface area (Å²) in [4.78, 5) is 12.4. The first-order valence-electron chi connectivity index (χ1n) is 7.71. The topological polar surface area (TPSA) is 88.4 Å². The second kappa shape index (κ2) is 5.07. The molecule has 1 aromatic carbocycles. The van der Waals surface area contributed by atoms with E-state index in [9.17, 15) is 13.2 Å². The number of benzene rings is 1. The molecule has 3 heterocycles. The summed E-state index contributed by atoms with van der Waals surface area (Å²) >= 11 is 0. The van der Waals surface area contributed by atoms with Crippen LogP contribution in [0.25, 0.3) is 11.0 Å². The van der Waals surface area contributed by atoms with Gasteiger partial charge in [-0.05, 0) is 31.4 Å². The van der Waals surface area contributed by atoms with Crippen molar-refractivity contribution in [1.29, 1.82) is 0 Å². The molecule has 2 aliphatic rings. The summed E-state index contributed by atoms with van der Waals surface area (Å²) in [5, 5.41) is 7.14. The minimum absolute atomic E-state index is 0.0811. The highest BCUT2D eigenvalue weighted by atomic mass is 32.2. The van der Waals surface area contributed by atoms with E-state index in [1.807, 2.05) is 0 Å². The maximum Gasteiger partial charge on any atom is 0.251 e. The van der Waals surface area contributed by atoms with Crippen molar-refractivity contribution in [2.24, 2.45) is 0 Å². The van der Waals surface area contributed by atoms with Crippen LogP contribution >= 0.6 is 0 Å². The molecule has 2 aliphatic heterocycles. The molecule has 6 nitrogen and oxygen atoms in total. The third kappa shape index (κ3) is 2.64. The molecule has 0 aliphatic carbocycles. The van der Waals surface area contributed by atoms with Crippen LogP contribution in [0.3, 0.4) is 0 Å². The zero-order valence-corrected chi connectivity index (χ0v) is 13.5. The van der Waals surface area contributed by atoms with Gasteiger partial charge in [0.2, 0.25) is 14.9 Å². The Morgan fingerprint density at radius 2 is 2.13 bits per heavy atom. The number of furan rings is 1. The van der Waals surface area contributed by atoms with Crippen LogP contribution in [-0.2, 0) is 9.84 Å². The quantitative estimate of drug-likeness (QED) is 0.887. The number of hydrogen-bond donors (Lipinski definition) is 2. The fourth-order valence-corrected chi connectivity index (χ4v) is 4.15. The number of fused-ring (bicyclic) bond motifs is 3. The summed E-state index contributed by atoms with van der Waals surface area (Å²) in [6.07, 6.45) is 4.35. The van der Waals surface area contributed by atoms with Gasteiger partial charge >= 0.3 is 0 Å². The van der Waals surface area contributed by atoms with Gasteiger partial charge in [0.05, 0.1) is 0 Å². The van der Waals surface area contributed by atoms with Gasteiger partial charge in [-0.1, -0.05) is 6.07 Å². The molecule has 2 N–H and O–H groups in total. The zero-order chi connectivity index (χ0) is 16.2. The molecule has 3 atom stereocenters. The first-order chi connectivity index (χ1) is 10.9. The van der Waals surface area contributed by atoms with Crippen molar-refractivity contribution in [2.45, 2.75) is 42.5 Å². The molecule has 23 heavy (non-hydrogen) atoms. The van der Waals surface area contributed by atoms with Gasteiger partial charge in [-0.15, -0.1) is 0 Å². The fourth-order valence-electron chi connectivity index (χ4n) is 3.57. The maximum absolute atomic E-state index is 12.4. The summed E-state index contributed by atoms with van der Waals surface area (Å²) in [6, 6.07) is 7.54. The van der Waals surface area contributed by atoms with Gasteiger partial charge in [0, 0.05) is 41.4 Å². The first kappa shape index (κ1) is 14.7. The highest BCUT2D eigenvalue weighted by Gasteiger charge is 2.39. The molecule has 2 bridgehead atoms. The SMILES string of the molecule is CS(=O)(=O)c1cc2ccc(C(=O)N[C@@H]3C[C@H]4CC[C@@H]3N4)cc2o1. The molecule has 0 saturated carbocycles. The Hall–Kier alpha value is -1.86. The third-order valence-corrected chi connectivity index (χ3v) is 5.67. The number of nitrogens with one attached hydrogen (secondary N) is 2. The van der Waals surface area contributed by atoms with E-state index in [0.717, 1.165) is 19.1 Å². The smallest absolute Gasteiger partial charge is 0.251 e. The molecule has 0 spiro atoms. The number of sulfone groups is 1. The van der Waals surface area contributed by atoms with Crippen molar-refractivity contribution < 1.29 is 17.6 Å². The van der Waals surface area contributed by atoms with Crippen molar-refractivity contribution >= 4 is 26.7 Å². The van der Waals surface area contributed by atoms with Gasteiger partial charge < -0.3 is 15.1 Å². The van der Waals surface area contributed by atoms with E-state index in [0.29, 0.717) is 28.6 Å². The van der Waals surface area contributed by atoms with E-state index in [1.165, 1.54) is 12.5 Å². The Morgan fingerprint density at radius 3 is 2.78 bits per heavy atom. The van der Waals surface area contributed by atoms with Crippen LogP contribution in [-0.4, -0.2) is 38.7 Å². The van der Waals surface area contributed by atoms with Crippen molar-refractivity contribution in [3.8, 4) is 0 Å². The third-order valence-electron chi connectivity index (χ3n) is 4.74. The van der Waals surface area contributed by atoms with Crippen molar-refractivity contribution in [1.82, 2.24) is 10.6 Å². The van der Waals surface area contributed by atoms with Crippen LogP contribution in [0.4, 0.5) is 0 Å². The van der Waals surface area contributed by atoms with E-state index in [4.69, 9.17) is 4.42 Å². The van der Waals surface area contributed by atoms with Crippen LogP contribution < -0.4 is 10.6 Å². The van der Waals surface area contributed by atoms with E-state index < -0.39 is 9.84 Å². The minimum Gasteiger partial charge on any atom is -0.445 e.